The number of ketones is 1. The van der Waals surface area contributed by atoms with Gasteiger partial charge in [-0.15, -0.1) is 0 Å². The minimum atomic E-state index is -4.35. The predicted molar refractivity (Wildman–Crippen MR) is 55.3 cm³/mol. The molecule has 0 saturated heterocycles. The minimum Gasteiger partial charge on any atom is -0.299 e. The molecule has 0 radical (unpaired) electrons. The fourth-order valence-corrected chi connectivity index (χ4v) is 2.12. The number of pyridine rings is 1. The van der Waals surface area contributed by atoms with Gasteiger partial charge in [-0.3, -0.25) is 9.78 Å². The number of hydrogen-bond acceptors (Lipinski definition) is 2. The van der Waals surface area contributed by atoms with E-state index in [2.05, 4.69) is 4.98 Å². The third-order valence-corrected chi connectivity index (χ3v) is 3.03. The molecule has 0 N–H and O–H groups in total. The Morgan fingerprint density at radius 2 is 2.18 bits per heavy atom. The normalized spacial score (nSPS) is 20.9. The van der Waals surface area contributed by atoms with Gasteiger partial charge in [-0.1, -0.05) is 0 Å². The summed E-state index contributed by atoms with van der Waals surface area (Å²) in [5, 5.41) is 0. The Kier molecular flexibility index (Phi) is 3.17. The van der Waals surface area contributed by atoms with Crippen LogP contribution in [0.25, 0.3) is 0 Å². The maximum Gasteiger partial charge on any atom is 0.416 e. The van der Waals surface area contributed by atoms with Gasteiger partial charge in [0.2, 0.25) is 0 Å². The van der Waals surface area contributed by atoms with E-state index in [0.29, 0.717) is 18.5 Å². The van der Waals surface area contributed by atoms with Crippen LogP contribution in [0.5, 0.6) is 0 Å². The molecular formula is C12H12F3NO. The first-order chi connectivity index (χ1) is 7.97. The number of rotatable bonds is 2. The minimum absolute atomic E-state index is 0.143. The van der Waals surface area contributed by atoms with Crippen LogP contribution in [0.2, 0.25) is 0 Å². The molecule has 17 heavy (non-hydrogen) atoms. The van der Waals surface area contributed by atoms with Gasteiger partial charge in [0.25, 0.3) is 0 Å². The second-order valence-electron chi connectivity index (χ2n) is 4.29. The van der Waals surface area contributed by atoms with Crippen LogP contribution in [0.4, 0.5) is 13.2 Å². The monoisotopic (exact) mass is 243 g/mol. The van der Waals surface area contributed by atoms with E-state index in [1.165, 1.54) is 0 Å². The second-order valence-corrected chi connectivity index (χ2v) is 4.29. The van der Waals surface area contributed by atoms with E-state index < -0.39 is 11.7 Å². The van der Waals surface area contributed by atoms with Crippen molar-refractivity contribution in [2.24, 2.45) is 5.92 Å². The summed E-state index contributed by atoms with van der Waals surface area (Å²) >= 11 is 0. The van der Waals surface area contributed by atoms with Gasteiger partial charge in [-0.05, 0) is 31.4 Å². The SMILES string of the molecule is O=C1CCC[C@H]1Cc1cc(C(F)(F)F)ccn1. The molecule has 1 fully saturated rings. The number of aromatic nitrogens is 1. The average Bonchev–Trinajstić information content (AvgIpc) is 2.64. The lowest BCUT2D eigenvalue weighted by Crippen LogP contribution is -2.12. The Labute approximate surface area is 96.9 Å². The van der Waals surface area contributed by atoms with Crippen molar-refractivity contribution in [3.63, 3.8) is 0 Å². The highest BCUT2D eigenvalue weighted by Gasteiger charge is 2.31. The fourth-order valence-electron chi connectivity index (χ4n) is 2.12. The smallest absolute Gasteiger partial charge is 0.299 e. The first kappa shape index (κ1) is 12.1. The summed E-state index contributed by atoms with van der Waals surface area (Å²) in [4.78, 5) is 15.3. The molecular weight excluding hydrogens is 231 g/mol. The number of carbonyl (C=O) groups is 1. The van der Waals surface area contributed by atoms with Crippen molar-refractivity contribution in [1.82, 2.24) is 4.98 Å². The van der Waals surface area contributed by atoms with Crippen molar-refractivity contribution >= 4 is 5.78 Å². The van der Waals surface area contributed by atoms with Crippen LogP contribution >= 0.6 is 0 Å². The largest absolute Gasteiger partial charge is 0.416 e. The maximum atomic E-state index is 12.5. The molecule has 1 aromatic rings. The second kappa shape index (κ2) is 4.47. The van der Waals surface area contributed by atoms with Gasteiger partial charge < -0.3 is 0 Å². The molecule has 5 heteroatoms. The highest BCUT2D eigenvalue weighted by Crippen LogP contribution is 2.30. The van der Waals surface area contributed by atoms with Gasteiger partial charge in [0, 0.05) is 24.2 Å². The van der Waals surface area contributed by atoms with E-state index in [4.69, 9.17) is 0 Å². The molecule has 0 aliphatic heterocycles. The summed E-state index contributed by atoms with van der Waals surface area (Å²) in [6.45, 7) is 0. The molecule has 0 aromatic carbocycles. The molecule has 1 saturated carbocycles. The molecule has 1 atom stereocenters. The van der Waals surface area contributed by atoms with E-state index in [9.17, 15) is 18.0 Å². The lowest BCUT2D eigenvalue weighted by Gasteiger charge is -2.10. The fraction of sp³-hybridized carbons (Fsp3) is 0.500. The Morgan fingerprint density at radius 3 is 2.76 bits per heavy atom. The molecule has 0 spiro atoms. The third-order valence-electron chi connectivity index (χ3n) is 3.03. The lowest BCUT2D eigenvalue weighted by molar-refractivity contribution is -0.137. The maximum absolute atomic E-state index is 12.5. The van der Waals surface area contributed by atoms with Crippen LogP contribution in [0.1, 0.15) is 30.5 Å². The molecule has 2 nitrogen and oxygen atoms in total. The van der Waals surface area contributed by atoms with E-state index in [1.54, 1.807) is 0 Å². The van der Waals surface area contributed by atoms with Crippen LogP contribution in [-0.4, -0.2) is 10.8 Å². The van der Waals surface area contributed by atoms with Gasteiger partial charge in [-0.2, -0.15) is 13.2 Å². The Balaban J connectivity index is 2.14. The van der Waals surface area contributed by atoms with Crippen LogP contribution in [0.3, 0.4) is 0 Å². The molecule has 92 valence electrons. The Bertz CT molecular complexity index is 428. The molecule has 1 aliphatic carbocycles. The summed E-state index contributed by atoms with van der Waals surface area (Å²) in [6, 6.07) is 1.98. The predicted octanol–water partition coefficient (Wildman–Crippen LogP) is 3.01. The van der Waals surface area contributed by atoms with Crippen molar-refractivity contribution in [1.29, 1.82) is 0 Å². The van der Waals surface area contributed by atoms with Crippen molar-refractivity contribution in [2.45, 2.75) is 31.9 Å². The Morgan fingerprint density at radius 1 is 1.41 bits per heavy atom. The number of halogens is 3. The van der Waals surface area contributed by atoms with Crippen molar-refractivity contribution in [2.75, 3.05) is 0 Å². The number of hydrogen-bond donors (Lipinski definition) is 0. The van der Waals surface area contributed by atoms with Gasteiger partial charge in [0.1, 0.15) is 5.78 Å². The third kappa shape index (κ3) is 2.84. The average molecular weight is 243 g/mol. The first-order valence-corrected chi connectivity index (χ1v) is 5.51. The summed E-state index contributed by atoms with van der Waals surface area (Å²) < 4.78 is 37.4. The van der Waals surface area contributed by atoms with E-state index >= 15 is 0 Å². The lowest BCUT2D eigenvalue weighted by atomic mass is 10.00. The first-order valence-electron chi connectivity index (χ1n) is 5.51. The number of Topliss-reactive ketones (excluding diaryl/α,β-unsaturated/α-hetero) is 1. The van der Waals surface area contributed by atoms with Gasteiger partial charge in [0.15, 0.2) is 0 Å². The van der Waals surface area contributed by atoms with Crippen molar-refractivity contribution in [3.8, 4) is 0 Å². The summed E-state index contributed by atoms with van der Waals surface area (Å²) in [7, 11) is 0. The molecule has 1 aromatic heterocycles. The number of carbonyl (C=O) groups excluding carboxylic acids is 1. The zero-order valence-corrected chi connectivity index (χ0v) is 9.13. The molecule has 1 heterocycles. The quantitative estimate of drug-likeness (QED) is 0.799. The molecule has 0 unspecified atom stereocenters. The van der Waals surface area contributed by atoms with Crippen molar-refractivity contribution < 1.29 is 18.0 Å². The van der Waals surface area contributed by atoms with E-state index in [1.807, 2.05) is 0 Å². The van der Waals surface area contributed by atoms with Gasteiger partial charge in [-0.25, -0.2) is 0 Å². The highest BCUT2D eigenvalue weighted by molar-refractivity contribution is 5.83. The molecule has 0 bridgehead atoms. The van der Waals surface area contributed by atoms with Crippen LogP contribution in [-0.2, 0) is 17.4 Å². The van der Waals surface area contributed by atoms with Crippen LogP contribution < -0.4 is 0 Å². The van der Waals surface area contributed by atoms with E-state index in [0.717, 1.165) is 31.2 Å². The van der Waals surface area contributed by atoms with Crippen LogP contribution in [0.15, 0.2) is 18.3 Å². The summed E-state index contributed by atoms with van der Waals surface area (Å²) in [6.07, 6.45) is -0.736. The van der Waals surface area contributed by atoms with Gasteiger partial charge >= 0.3 is 6.18 Å². The Hall–Kier alpha value is -1.39. The standard InChI is InChI=1S/C12H12F3NO/c13-12(14,15)9-4-5-16-10(7-9)6-8-2-1-3-11(8)17/h4-5,7-8H,1-3,6H2/t8-/m0/s1. The zero-order chi connectivity index (χ0) is 12.5. The van der Waals surface area contributed by atoms with Gasteiger partial charge in [0.05, 0.1) is 5.56 Å². The number of nitrogens with zero attached hydrogens (tertiary/aromatic N) is 1. The van der Waals surface area contributed by atoms with E-state index in [-0.39, 0.29) is 11.7 Å². The number of alkyl halides is 3. The zero-order valence-electron chi connectivity index (χ0n) is 9.13. The topological polar surface area (TPSA) is 30.0 Å². The molecule has 0 amide bonds. The molecule has 2 rings (SSSR count). The summed E-state index contributed by atoms with van der Waals surface area (Å²) in [5.74, 6) is -0.00445. The molecule has 1 aliphatic rings. The van der Waals surface area contributed by atoms with Crippen LogP contribution in [0, 0.1) is 5.92 Å². The highest BCUT2D eigenvalue weighted by atomic mass is 19.4. The van der Waals surface area contributed by atoms with Crippen molar-refractivity contribution in [3.05, 3.63) is 29.6 Å². The summed E-state index contributed by atoms with van der Waals surface area (Å²) in [5.41, 5.74) is -0.354.